The van der Waals surface area contributed by atoms with Crippen molar-refractivity contribution in [1.29, 1.82) is 5.26 Å². The van der Waals surface area contributed by atoms with Crippen LogP contribution in [-0.4, -0.2) is 6.54 Å². The number of nitriles is 1. The van der Waals surface area contributed by atoms with Crippen molar-refractivity contribution < 1.29 is 4.39 Å². The van der Waals surface area contributed by atoms with Crippen LogP contribution in [0.1, 0.15) is 29.5 Å². The van der Waals surface area contributed by atoms with Crippen molar-refractivity contribution in [2.75, 3.05) is 6.54 Å². The third-order valence-corrected chi connectivity index (χ3v) is 4.19. The normalized spacial score (nSPS) is 15.4. The lowest BCUT2D eigenvalue weighted by Gasteiger charge is -2.16. The highest BCUT2D eigenvalue weighted by atomic mass is 19.1. The third kappa shape index (κ3) is 3.12. The van der Waals surface area contributed by atoms with E-state index in [1.807, 2.05) is 36.4 Å². The van der Waals surface area contributed by atoms with Crippen molar-refractivity contribution in [1.82, 2.24) is 5.32 Å². The Balaban J connectivity index is 1.57. The van der Waals surface area contributed by atoms with E-state index in [4.69, 9.17) is 5.26 Å². The van der Waals surface area contributed by atoms with Gasteiger partial charge in [0, 0.05) is 18.5 Å². The first kappa shape index (κ1) is 13.8. The van der Waals surface area contributed by atoms with Gasteiger partial charge in [-0.1, -0.05) is 24.3 Å². The van der Waals surface area contributed by atoms with Crippen molar-refractivity contribution in [3.63, 3.8) is 0 Å². The molecule has 1 fully saturated rings. The summed E-state index contributed by atoms with van der Waals surface area (Å²) < 4.78 is 13.0. The summed E-state index contributed by atoms with van der Waals surface area (Å²) in [6.45, 7) is 1.69. The first-order chi connectivity index (χ1) is 10.2. The third-order valence-electron chi connectivity index (χ3n) is 4.19. The molecule has 0 spiro atoms. The Hall–Kier alpha value is -2.18. The molecule has 0 atom stereocenters. The molecule has 106 valence electrons. The van der Waals surface area contributed by atoms with Crippen LogP contribution in [0, 0.1) is 17.1 Å². The van der Waals surface area contributed by atoms with Crippen LogP contribution in [0.3, 0.4) is 0 Å². The van der Waals surface area contributed by atoms with E-state index >= 15 is 0 Å². The van der Waals surface area contributed by atoms with Crippen LogP contribution in [0.4, 0.5) is 4.39 Å². The molecule has 1 aliphatic rings. The van der Waals surface area contributed by atoms with E-state index in [2.05, 4.69) is 11.4 Å². The minimum atomic E-state index is -0.180. The number of rotatable bonds is 5. The quantitative estimate of drug-likeness (QED) is 0.909. The molecule has 0 amide bonds. The van der Waals surface area contributed by atoms with E-state index < -0.39 is 0 Å². The fourth-order valence-electron chi connectivity index (χ4n) is 2.67. The zero-order valence-electron chi connectivity index (χ0n) is 11.8. The minimum absolute atomic E-state index is 0.180. The molecule has 0 aromatic heterocycles. The van der Waals surface area contributed by atoms with E-state index in [-0.39, 0.29) is 11.2 Å². The molecule has 1 saturated carbocycles. The van der Waals surface area contributed by atoms with Gasteiger partial charge in [-0.05, 0) is 48.2 Å². The molecule has 1 N–H and O–H groups in total. The Morgan fingerprint density at radius 2 is 1.71 bits per heavy atom. The van der Waals surface area contributed by atoms with Crippen LogP contribution in [-0.2, 0) is 12.0 Å². The van der Waals surface area contributed by atoms with Gasteiger partial charge in [-0.25, -0.2) is 4.39 Å². The highest BCUT2D eigenvalue weighted by Gasteiger charge is 2.43. The Morgan fingerprint density at radius 3 is 2.29 bits per heavy atom. The summed E-state index contributed by atoms with van der Waals surface area (Å²) in [5.41, 5.74) is 3.25. The van der Waals surface area contributed by atoms with Crippen molar-refractivity contribution in [3.8, 4) is 6.07 Å². The minimum Gasteiger partial charge on any atom is -0.312 e. The summed E-state index contributed by atoms with van der Waals surface area (Å²) in [7, 11) is 0. The first-order valence-corrected chi connectivity index (χ1v) is 7.18. The summed E-state index contributed by atoms with van der Waals surface area (Å²) >= 11 is 0. The Labute approximate surface area is 124 Å². The summed E-state index contributed by atoms with van der Waals surface area (Å²) in [4.78, 5) is 0. The zero-order valence-corrected chi connectivity index (χ0v) is 11.8. The Kier molecular flexibility index (Phi) is 3.72. The average molecular weight is 280 g/mol. The topological polar surface area (TPSA) is 35.8 Å². The molecule has 0 bridgehead atoms. The van der Waals surface area contributed by atoms with E-state index in [1.54, 1.807) is 0 Å². The van der Waals surface area contributed by atoms with Crippen LogP contribution in [0.2, 0.25) is 0 Å². The molecular weight excluding hydrogens is 263 g/mol. The monoisotopic (exact) mass is 280 g/mol. The van der Waals surface area contributed by atoms with Gasteiger partial charge in [0.15, 0.2) is 0 Å². The van der Waals surface area contributed by atoms with Crippen LogP contribution in [0.25, 0.3) is 0 Å². The number of halogens is 1. The second-order valence-corrected chi connectivity index (χ2v) is 5.70. The van der Waals surface area contributed by atoms with Gasteiger partial charge in [0.05, 0.1) is 11.6 Å². The fraction of sp³-hybridized carbons (Fsp3) is 0.278. The lowest BCUT2D eigenvalue weighted by atomic mass is 9.96. The summed E-state index contributed by atoms with van der Waals surface area (Å²) in [6, 6.07) is 16.6. The van der Waals surface area contributed by atoms with Gasteiger partial charge in [-0.15, -0.1) is 0 Å². The average Bonchev–Trinajstić information content (AvgIpc) is 3.30. The first-order valence-electron chi connectivity index (χ1n) is 7.18. The molecule has 3 heteroatoms. The molecule has 1 aliphatic carbocycles. The molecule has 3 rings (SSSR count). The molecular formula is C18H17FN2. The lowest BCUT2D eigenvalue weighted by molar-refractivity contribution is 0.571. The Morgan fingerprint density at radius 1 is 1.05 bits per heavy atom. The van der Waals surface area contributed by atoms with E-state index in [0.717, 1.165) is 25.9 Å². The molecule has 21 heavy (non-hydrogen) atoms. The van der Waals surface area contributed by atoms with Gasteiger partial charge in [-0.2, -0.15) is 5.26 Å². The maximum Gasteiger partial charge on any atom is 0.123 e. The van der Waals surface area contributed by atoms with Gasteiger partial charge in [0.2, 0.25) is 0 Å². The molecule has 0 aliphatic heterocycles. The molecule has 2 aromatic carbocycles. The standard InChI is InChI=1S/C18H17FN2/c19-17-7-5-16(6-8-17)18(9-10-18)13-21-12-15-3-1-14(11-20)2-4-15/h1-8,21H,9-10,12-13H2. The van der Waals surface area contributed by atoms with Crippen molar-refractivity contribution >= 4 is 0 Å². The zero-order chi connectivity index (χ0) is 14.7. The number of hydrogen-bond donors (Lipinski definition) is 1. The number of nitrogens with zero attached hydrogens (tertiary/aromatic N) is 1. The fourth-order valence-corrected chi connectivity index (χ4v) is 2.67. The molecule has 2 aromatic rings. The van der Waals surface area contributed by atoms with Gasteiger partial charge in [0.25, 0.3) is 0 Å². The maximum absolute atomic E-state index is 13.0. The van der Waals surface area contributed by atoms with Crippen molar-refractivity contribution in [2.45, 2.75) is 24.8 Å². The molecule has 0 heterocycles. The summed E-state index contributed by atoms with van der Waals surface area (Å²) in [5, 5.41) is 12.3. The second kappa shape index (κ2) is 5.67. The molecule has 0 radical (unpaired) electrons. The number of benzene rings is 2. The highest BCUT2D eigenvalue weighted by molar-refractivity contribution is 5.33. The number of nitrogens with one attached hydrogen (secondary N) is 1. The van der Waals surface area contributed by atoms with Crippen LogP contribution < -0.4 is 5.32 Å². The molecule has 2 nitrogen and oxygen atoms in total. The van der Waals surface area contributed by atoms with E-state index in [1.165, 1.54) is 23.3 Å². The molecule has 0 saturated heterocycles. The smallest absolute Gasteiger partial charge is 0.123 e. The predicted molar refractivity (Wildman–Crippen MR) is 80.2 cm³/mol. The predicted octanol–water partition coefficient (Wildman–Crippen LogP) is 3.52. The van der Waals surface area contributed by atoms with Crippen molar-refractivity contribution in [3.05, 3.63) is 71.0 Å². The number of hydrogen-bond acceptors (Lipinski definition) is 2. The van der Waals surface area contributed by atoms with Crippen molar-refractivity contribution in [2.24, 2.45) is 0 Å². The molecule has 0 unspecified atom stereocenters. The van der Waals surface area contributed by atoms with Gasteiger partial charge in [-0.3, -0.25) is 0 Å². The summed E-state index contributed by atoms with van der Waals surface area (Å²) in [5.74, 6) is -0.180. The Bertz CT molecular complexity index is 649. The largest absolute Gasteiger partial charge is 0.312 e. The maximum atomic E-state index is 13.0. The van der Waals surface area contributed by atoms with Gasteiger partial charge < -0.3 is 5.32 Å². The highest BCUT2D eigenvalue weighted by Crippen LogP contribution is 2.47. The SMILES string of the molecule is N#Cc1ccc(CNCC2(c3ccc(F)cc3)CC2)cc1. The van der Waals surface area contributed by atoms with Gasteiger partial charge in [0.1, 0.15) is 5.82 Å². The second-order valence-electron chi connectivity index (χ2n) is 5.70. The van der Waals surface area contributed by atoms with E-state index in [0.29, 0.717) is 5.56 Å². The van der Waals surface area contributed by atoms with E-state index in [9.17, 15) is 4.39 Å². The summed E-state index contributed by atoms with van der Waals surface area (Å²) in [6.07, 6.45) is 2.30. The lowest BCUT2D eigenvalue weighted by Crippen LogP contribution is -2.26. The van der Waals surface area contributed by atoms with Crippen LogP contribution in [0.15, 0.2) is 48.5 Å². The van der Waals surface area contributed by atoms with Crippen LogP contribution >= 0.6 is 0 Å². The van der Waals surface area contributed by atoms with Crippen LogP contribution in [0.5, 0.6) is 0 Å². The van der Waals surface area contributed by atoms with Gasteiger partial charge >= 0.3 is 0 Å².